The molecule has 0 saturated carbocycles. The molecule has 0 bridgehead atoms. The zero-order valence-electron chi connectivity index (χ0n) is 18.1. The van der Waals surface area contributed by atoms with Crippen LogP contribution in [0.1, 0.15) is 101 Å². The predicted molar refractivity (Wildman–Crippen MR) is 117 cm³/mol. The van der Waals surface area contributed by atoms with Crippen LogP contribution in [0, 0.1) is 23.7 Å². The first-order chi connectivity index (χ1) is 12.7. The molecule has 0 aromatic heterocycles. The van der Waals surface area contributed by atoms with E-state index in [1.165, 1.54) is 11.1 Å². The molecule has 0 aliphatic rings. The van der Waals surface area contributed by atoms with Gasteiger partial charge in [0.25, 0.3) is 0 Å². The fourth-order valence-electron chi connectivity index (χ4n) is 3.96. The largest absolute Gasteiger partial charge is 0.103 e. The maximum absolute atomic E-state index is 3.46. The molecule has 0 heteroatoms. The van der Waals surface area contributed by atoms with Crippen molar-refractivity contribution >= 4 is 0 Å². The van der Waals surface area contributed by atoms with Crippen LogP contribution in [0.15, 0.2) is 0 Å². The first-order valence-electron chi connectivity index (χ1n) is 10.8. The first-order valence-corrected chi connectivity index (χ1v) is 10.8. The summed E-state index contributed by atoms with van der Waals surface area (Å²) in [5, 5.41) is 0. The third-order valence-electron chi connectivity index (χ3n) is 5.13. The van der Waals surface area contributed by atoms with Crippen LogP contribution >= 0.6 is 0 Å². The molecule has 0 heterocycles. The Morgan fingerprint density at radius 2 is 0.731 bits per heavy atom. The van der Waals surface area contributed by atoms with Crippen LogP contribution in [0.5, 0.6) is 0 Å². The Kier molecular flexibility index (Phi) is 10.9. The average molecular weight is 351 g/mol. The van der Waals surface area contributed by atoms with Gasteiger partial charge in [-0.05, 0) is 71.9 Å². The maximum Gasteiger partial charge on any atom is 0.0346 e. The summed E-state index contributed by atoms with van der Waals surface area (Å²) >= 11 is 0. The summed E-state index contributed by atoms with van der Waals surface area (Å²) in [6.07, 6.45) is 10.5. The minimum Gasteiger partial charge on any atom is -0.103 e. The Labute approximate surface area is 163 Å². The maximum atomic E-state index is 3.46. The molecule has 1 aromatic rings. The Hall–Kier alpha value is -1.66. The summed E-state index contributed by atoms with van der Waals surface area (Å²) in [5.41, 5.74) is 9.27. The summed E-state index contributed by atoms with van der Waals surface area (Å²) in [6.45, 7) is 13.6. The quantitative estimate of drug-likeness (QED) is 0.462. The SMILES string of the molecule is CCCC#CCc1c(CC)c(CC)c(CC)c(CC)c1CC#CCCC. The van der Waals surface area contributed by atoms with E-state index in [2.05, 4.69) is 65.2 Å². The number of rotatable bonds is 8. The van der Waals surface area contributed by atoms with Crippen molar-refractivity contribution in [2.45, 2.75) is 106 Å². The van der Waals surface area contributed by atoms with Crippen molar-refractivity contribution in [2.75, 3.05) is 0 Å². The lowest BCUT2D eigenvalue weighted by Crippen LogP contribution is -2.12. The molecule has 0 unspecified atom stereocenters. The number of hydrogen-bond donors (Lipinski definition) is 0. The van der Waals surface area contributed by atoms with Gasteiger partial charge in [-0.15, -0.1) is 11.8 Å². The Morgan fingerprint density at radius 3 is 1.00 bits per heavy atom. The summed E-state index contributed by atoms with van der Waals surface area (Å²) in [4.78, 5) is 0. The van der Waals surface area contributed by atoms with Crippen LogP contribution in [0.2, 0.25) is 0 Å². The molecule has 0 nitrogen and oxygen atoms in total. The van der Waals surface area contributed by atoms with Crippen molar-refractivity contribution in [1.82, 2.24) is 0 Å². The predicted octanol–water partition coefficient (Wildman–Crippen LogP) is 6.63. The van der Waals surface area contributed by atoms with E-state index in [0.29, 0.717) is 0 Å². The van der Waals surface area contributed by atoms with Gasteiger partial charge in [0, 0.05) is 25.7 Å². The Morgan fingerprint density at radius 1 is 0.423 bits per heavy atom. The molecule has 0 amide bonds. The topological polar surface area (TPSA) is 0 Å². The van der Waals surface area contributed by atoms with Gasteiger partial charge in [0.15, 0.2) is 0 Å². The molecule has 0 N–H and O–H groups in total. The van der Waals surface area contributed by atoms with E-state index >= 15 is 0 Å². The Bertz CT molecular complexity index is 622. The second kappa shape index (κ2) is 12.7. The third kappa shape index (κ3) is 5.68. The van der Waals surface area contributed by atoms with Crippen molar-refractivity contribution in [3.63, 3.8) is 0 Å². The van der Waals surface area contributed by atoms with Crippen molar-refractivity contribution in [2.24, 2.45) is 0 Å². The summed E-state index contributed by atoms with van der Waals surface area (Å²) in [6, 6.07) is 0. The smallest absolute Gasteiger partial charge is 0.0346 e. The zero-order valence-corrected chi connectivity index (χ0v) is 18.1. The molecular formula is C26H38. The molecule has 0 spiro atoms. The number of unbranched alkanes of at least 4 members (excludes halogenated alkanes) is 2. The van der Waals surface area contributed by atoms with E-state index in [-0.39, 0.29) is 0 Å². The van der Waals surface area contributed by atoms with Gasteiger partial charge >= 0.3 is 0 Å². The van der Waals surface area contributed by atoms with E-state index in [9.17, 15) is 0 Å². The molecule has 0 aliphatic carbocycles. The van der Waals surface area contributed by atoms with Gasteiger partial charge in [0.1, 0.15) is 0 Å². The minimum absolute atomic E-state index is 0.887. The molecule has 0 radical (unpaired) electrons. The lowest BCUT2D eigenvalue weighted by atomic mass is 9.80. The van der Waals surface area contributed by atoms with E-state index in [1.807, 2.05) is 0 Å². The monoisotopic (exact) mass is 350 g/mol. The molecule has 0 saturated heterocycles. The average Bonchev–Trinajstić information content (AvgIpc) is 2.67. The molecule has 1 aromatic carbocycles. The lowest BCUT2D eigenvalue weighted by Gasteiger charge is -2.24. The number of benzene rings is 1. The van der Waals surface area contributed by atoms with Crippen molar-refractivity contribution in [1.29, 1.82) is 0 Å². The third-order valence-corrected chi connectivity index (χ3v) is 5.13. The highest BCUT2D eigenvalue weighted by molar-refractivity contribution is 5.54. The van der Waals surface area contributed by atoms with Gasteiger partial charge < -0.3 is 0 Å². The highest BCUT2D eigenvalue weighted by Crippen LogP contribution is 2.31. The van der Waals surface area contributed by atoms with Crippen LogP contribution in [-0.2, 0) is 38.5 Å². The molecular weight excluding hydrogens is 312 g/mol. The van der Waals surface area contributed by atoms with Crippen molar-refractivity contribution in [3.05, 3.63) is 33.4 Å². The zero-order chi connectivity index (χ0) is 19.4. The van der Waals surface area contributed by atoms with Gasteiger partial charge in [-0.1, -0.05) is 53.4 Å². The van der Waals surface area contributed by atoms with Crippen LogP contribution in [0.3, 0.4) is 0 Å². The highest BCUT2D eigenvalue weighted by atomic mass is 14.2. The molecule has 0 fully saturated rings. The first kappa shape index (κ1) is 22.4. The van der Waals surface area contributed by atoms with Gasteiger partial charge in [-0.2, -0.15) is 0 Å². The molecule has 26 heavy (non-hydrogen) atoms. The number of hydrogen-bond acceptors (Lipinski definition) is 0. The van der Waals surface area contributed by atoms with E-state index in [4.69, 9.17) is 0 Å². The fourth-order valence-corrected chi connectivity index (χ4v) is 3.96. The summed E-state index contributed by atoms with van der Waals surface area (Å²) in [7, 11) is 0. The fraction of sp³-hybridized carbons (Fsp3) is 0.615. The minimum atomic E-state index is 0.887. The van der Waals surface area contributed by atoms with Crippen LogP contribution in [0.4, 0.5) is 0 Å². The second-order valence-corrected chi connectivity index (χ2v) is 6.85. The summed E-state index contributed by atoms with van der Waals surface area (Å²) < 4.78 is 0. The van der Waals surface area contributed by atoms with Crippen LogP contribution in [0.25, 0.3) is 0 Å². The van der Waals surface area contributed by atoms with Crippen LogP contribution < -0.4 is 0 Å². The van der Waals surface area contributed by atoms with Crippen LogP contribution in [-0.4, -0.2) is 0 Å². The summed E-state index contributed by atoms with van der Waals surface area (Å²) in [5.74, 6) is 13.6. The normalized spacial score (nSPS) is 10.1. The molecule has 142 valence electrons. The lowest BCUT2D eigenvalue weighted by molar-refractivity contribution is 0.902. The Balaban J connectivity index is 3.57. The molecule has 0 atom stereocenters. The second-order valence-electron chi connectivity index (χ2n) is 6.85. The van der Waals surface area contributed by atoms with Gasteiger partial charge in [0.05, 0.1) is 0 Å². The van der Waals surface area contributed by atoms with Crippen molar-refractivity contribution < 1.29 is 0 Å². The standard InChI is InChI=1S/C26H38/c1-7-13-15-17-19-25-23(11-5)21(9-3)22(10-4)24(12-6)26(25)20-18-16-14-8-2/h7-14,19-20H2,1-6H3. The van der Waals surface area contributed by atoms with Gasteiger partial charge in [-0.3, -0.25) is 0 Å². The van der Waals surface area contributed by atoms with E-state index in [1.54, 1.807) is 22.3 Å². The highest BCUT2D eigenvalue weighted by Gasteiger charge is 2.19. The van der Waals surface area contributed by atoms with Crippen molar-refractivity contribution in [3.8, 4) is 23.7 Å². The van der Waals surface area contributed by atoms with E-state index < -0.39 is 0 Å². The molecule has 0 aliphatic heterocycles. The molecule has 1 rings (SSSR count). The van der Waals surface area contributed by atoms with E-state index in [0.717, 1.165) is 64.2 Å². The van der Waals surface area contributed by atoms with Gasteiger partial charge in [-0.25, -0.2) is 0 Å². The van der Waals surface area contributed by atoms with Gasteiger partial charge in [0.2, 0.25) is 0 Å².